The van der Waals surface area contributed by atoms with E-state index < -0.39 is 5.72 Å². The Bertz CT molecular complexity index is 551. The van der Waals surface area contributed by atoms with E-state index in [2.05, 4.69) is 17.1 Å². The highest BCUT2D eigenvalue weighted by Gasteiger charge is 2.47. The standard InChI is InChI=1S/C15H19FN2OS/c1-3-4-8-18-14(20)17-12-9-15(18,2)19-13-10(12)6-5-7-11(13)16/h5-7,12H,3-4,8-9H2,1-2H3,(H,17,20). The van der Waals surface area contributed by atoms with Gasteiger partial charge in [-0.25, -0.2) is 4.39 Å². The van der Waals surface area contributed by atoms with Crippen LogP contribution in [0.25, 0.3) is 0 Å². The van der Waals surface area contributed by atoms with Gasteiger partial charge in [0.1, 0.15) is 0 Å². The topological polar surface area (TPSA) is 24.5 Å². The van der Waals surface area contributed by atoms with Crippen LogP contribution in [0.5, 0.6) is 5.75 Å². The molecule has 1 saturated heterocycles. The molecule has 1 fully saturated rings. The summed E-state index contributed by atoms with van der Waals surface area (Å²) in [4.78, 5) is 2.05. The number of hydrogen-bond acceptors (Lipinski definition) is 2. The second-order valence-electron chi connectivity index (χ2n) is 5.65. The Morgan fingerprint density at radius 2 is 2.35 bits per heavy atom. The second-order valence-corrected chi connectivity index (χ2v) is 6.03. The van der Waals surface area contributed by atoms with Crippen molar-refractivity contribution in [3.05, 3.63) is 29.6 Å². The minimum absolute atomic E-state index is 0.0322. The Hall–Kier alpha value is -1.36. The number of thiocarbonyl (C=S) groups is 1. The van der Waals surface area contributed by atoms with E-state index in [1.165, 1.54) is 6.07 Å². The normalized spacial score (nSPS) is 27.6. The molecule has 0 saturated carbocycles. The van der Waals surface area contributed by atoms with Crippen molar-refractivity contribution < 1.29 is 9.13 Å². The van der Waals surface area contributed by atoms with Crippen LogP contribution in [-0.2, 0) is 0 Å². The summed E-state index contributed by atoms with van der Waals surface area (Å²) in [5.41, 5.74) is 0.303. The molecule has 2 heterocycles. The fourth-order valence-electron chi connectivity index (χ4n) is 3.05. The summed E-state index contributed by atoms with van der Waals surface area (Å²) >= 11 is 5.47. The molecule has 0 amide bonds. The maximum absolute atomic E-state index is 14.0. The van der Waals surface area contributed by atoms with Gasteiger partial charge in [0.15, 0.2) is 22.4 Å². The van der Waals surface area contributed by atoms with Crippen LogP contribution in [0.15, 0.2) is 18.2 Å². The molecular weight excluding hydrogens is 275 g/mol. The number of rotatable bonds is 3. The maximum atomic E-state index is 14.0. The fraction of sp³-hybridized carbons (Fsp3) is 0.533. The lowest BCUT2D eigenvalue weighted by molar-refractivity contribution is -0.0710. The van der Waals surface area contributed by atoms with Crippen molar-refractivity contribution >= 4 is 17.3 Å². The largest absolute Gasteiger partial charge is 0.465 e. The molecule has 2 unspecified atom stereocenters. The number of ether oxygens (including phenoxy) is 1. The van der Waals surface area contributed by atoms with Gasteiger partial charge in [0.05, 0.1) is 6.04 Å². The molecule has 3 nitrogen and oxygen atoms in total. The van der Waals surface area contributed by atoms with Crippen LogP contribution in [0.1, 0.15) is 44.7 Å². The van der Waals surface area contributed by atoms with Crippen molar-refractivity contribution in [3.8, 4) is 5.75 Å². The number of nitrogens with one attached hydrogen (secondary N) is 1. The van der Waals surface area contributed by atoms with Gasteiger partial charge >= 0.3 is 0 Å². The third kappa shape index (κ3) is 2.04. The highest BCUT2D eigenvalue weighted by Crippen LogP contribution is 2.45. The van der Waals surface area contributed by atoms with Crippen LogP contribution in [0.4, 0.5) is 4.39 Å². The van der Waals surface area contributed by atoms with Crippen LogP contribution < -0.4 is 10.1 Å². The first kappa shape index (κ1) is 13.6. The molecule has 20 heavy (non-hydrogen) atoms. The van der Waals surface area contributed by atoms with Crippen molar-refractivity contribution in [2.24, 2.45) is 0 Å². The zero-order chi connectivity index (χ0) is 14.3. The van der Waals surface area contributed by atoms with E-state index in [9.17, 15) is 4.39 Å². The van der Waals surface area contributed by atoms with E-state index in [-0.39, 0.29) is 11.9 Å². The number of halogens is 1. The molecule has 1 N–H and O–H groups in total. The van der Waals surface area contributed by atoms with Crippen molar-refractivity contribution in [3.63, 3.8) is 0 Å². The minimum Gasteiger partial charge on any atom is -0.465 e. The lowest BCUT2D eigenvalue weighted by Crippen LogP contribution is -2.64. The Balaban J connectivity index is 1.98. The molecule has 5 heteroatoms. The van der Waals surface area contributed by atoms with Gasteiger partial charge in [-0.2, -0.15) is 0 Å². The average Bonchev–Trinajstić information content (AvgIpc) is 2.39. The van der Waals surface area contributed by atoms with Gasteiger partial charge in [-0.05, 0) is 31.6 Å². The number of nitrogens with zero attached hydrogens (tertiary/aromatic N) is 1. The zero-order valence-corrected chi connectivity index (χ0v) is 12.6. The summed E-state index contributed by atoms with van der Waals surface area (Å²) in [7, 11) is 0. The van der Waals surface area contributed by atoms with Gasteiger partial charge in [-0.1, -0.05) is 25.5 Å². The summed E-state index contributed by atoms with van der Waals surface area (Å²) < 4.78 is 20.0. The first-order valence-corrected chi connectivity index (χ1v) is 7.51. The molecule has 1 aromatic carbocycles. The van der Waals surface area contributed by atoms with E-state index in [1.54, 1.807) is 6.07 Å². The molecule has 3 rings (SSSR count). The highest BCUT2D eigenvalue weighted by molar-refractivity contribution is 7.80. The van der Waals surface area contributed by atoms with E-state index in [1.807, 2.05) is 13.0 Å². The summed E-state index contributed by atoms with van der Waals surface area (Å²) in [6, 6.07) is 5.09. The SMILES string of the molecule is CCCCN1C(=S)NC2CC1(C)Oc1c(F)cccc12. The summed E-state index contributed by atoms with van der Waals surface area (Å²) in [6.07, 6.45) is 2.90. The Labute approximate surface area is 124 Å². The van der Waals surface area contributed by atoms with E-state index in [4.69, 9.17) is 17.0 Å². The monoisotopic (exact) mass is 294 g/mol. The number of benzene rings is 1. The molecule has 2 aliphatic rings. The van der Waals surface area contributed by atoms with Crippen molar-refractivity contribution in [1.29, 1.82) is 0 Å². The molecule has 2 bridgehead atoms. The number of fused-ring (bicyclic) bond motifs is 4. The molecule has 1 aromatic rings. The molecule has 0 aliphatic carbocycles. The van der Waals surface area contributed by atoms with E-state index >= 15 is 0 Å². The zero-order valence-electron chi connectivity index (χ0n) is 11.8. The number of para-hydroxylation sites is 1. The molecule has 2 atom stereocenters. The van der Waals surface area contributed by atoms with Gasteiger partial charge in [0.2, 0.25) is 0 Å². The Morgan fingerprint density at radius 1 is 1.55 bits per heavy atom. The molecular formula is C15H19FN2OS. The van der Waals surface area contributed by atoms with Gasteiger partial charge in [-0.15, -0.1) is 0 Å². The quantitative estimate of drug-likeness (QED) is 0.864. The number of unbranched alkanes of at least 4 members (excludes halogenated alkanes) is 1. The van der Waals surface area contributed by atoms with E-state index in [0.29, 0.717) is 10.9 Å². The highest BCUT2D eigenvalue weighted by atomic mass is 32.1. The summed E-state index contributed by atoms with van der Waals surface area (Å²) in [5.74, 6) is 0.0613. The minimum atomic E-state index is -0.558. The van der Waals surface area contributed by atoms with Crippen LogP contribution in [-0.4, -0.2) is 22.3 Å². The molecule has 108 valence electrons. The fourth-order valence-corrected chi connectivity index (χ4v) is 3.47. The number of hydrogen-bond donors (Lipinski definition) is 1. The van der Waals surface area contributed by atoms with Crippen LogP contribution in [0.2, 0.25) is 0 Å². The first-order valence-electron chi connectivity index (χ1n) is 7.11. The molecule has 2 aliphatic heterocycles. The van der Waals surface area contributed by atoms with Gasteiger partial charge in [0.25, 0.3) is 0 Å². The van der Waals surface area contributed by atoms with Gasteiger partial charge in [0, 0.05) is 18.5 Å². The Morgan fingerprint density at radius 3 is 3.10 bits per heavy atom. The van der Waals surface area contributed by atoms with Crippen molar-refractivity contribution in [2.45, 2.75) is 44.9 Å². The maximum Gasteiger partial charge on any atom is 0.184 e. The summed E-state index contributed by atoms with van der Waals surface area (Å²) in [5, 5.41) is 4.03. The van der Waals surface area contributed by atoms with Gasteiger partial charge in [-0.3, -0.25) is 0 Å². The predicted octanol–water partition coefficient (Wildman–Crippen LogP) is 3.36. The summed E-state index contributed by atoms with van der Waals surface area (Å²) in [6.45, 7) is 4.97. The smallest absolute Gasteiger partial charge is 0.184 e. The van der Waals surface area contributed by atoms with Crippen LogP contribution in [0.3, 0.4) is 0 Å². The van der Waals surface area contributed by atoms with Crippen LogP contribution >= 0.6 is 12.2 Å². The van der Waals surface area contributed by atoms with Crippen molar-refractivity contribution in [1.82, 2.24) is 10.2 Å². The average molecular weight is 294 g/mol. The van der Waals surface area contributed by atoms with Crippen LogP contribution in [0, 0.1) is 5.82 Å². The lowest BCUT2D eigenvalue weighted by Gasteiger charge is -2.52. The molecule has 0 spiro atoms. The Kier molecular flexibility index (Phi) is 3.32. The third-order valence-electron chi connectivity index (χ3n) is 4.13. The second kappa shape index (κ2) is 4.88. The lowest BCUT2D eigenvalue weighted by atomic mass is 9.90. The first-order chi connectivity index (χ1) is 9.55. The third-order valence-corrected chi connectivity index (χ3v) is 4.47. The molecule has 0 radical (unpaired) electrons. The molecule has 0 aromatic heterocycles. The van der Waals surface area contributed by atoms with Gasteiger partial charge < -0.3 is 15.0 Å². The van der Waals surface area contributed by atoms with E-state index in [0.717, 1.165) is 31.4 Å². The van der Waals surface area contributed by atoms with Crippen molar-refractivity contribution in [2.75, 3.05) is 6.54 Å². The predicted molar refractivity (Wildman–Crippen MR) is 80.1 cm³/mol.